The highest BCUT2D eigenvalue weighted by molar-refractivity contribution is 7.93. The molecule has 0 saturated heterocycles. The molecule has 0 radical (unpaired) electrons. The molecule has 37 heavy (non-hydrogen) atoms. The van der Waals surface area contributed by atoms with Gasteiger partial charge in [-0.15, -0.1) is 11.3 Å². The van der Waals surface area contributed by atoms with Gasteiger partial charge in [0.25, 0.3) is 10.0 Å². The van der Waals surface area contributed by atoms with Gasteiger partial charge in [0, 0.05) is 23.2 Å². The van der Waals surface area contributed by atoms with Gasteiger partial charge in [0.15, 0.2) is 5.13 Å². The van der Waals surface area contributed by atoms with E-state index in [0.29, 0.717) is 27.9 Å². The molecule has 194 valence electrons. The van der Waals surface area contributed by atoms with Crippen LogP contribution in [0.5, 0.6) is 11.5 Å². The van der Waals surface area contributed by atoms with Crippen molar-refractivity contribution in [3.8, 4) is 11.5 Å². The zero-order chi connectivity index (χ0) is 26.4. The maximum atomic E-state index is 13.8. The first-order valence-corrected chi connectivity index (χ1v) is 13.9. The van der Waals surface area contributed by atoms with E-state index in [1.807, 2.05) is 30.3 Å². The monoisotopic (exact) mass is 559 g/mol. The standard InChI is InChI=1S/C26H26ClN3O5S2/c1-34-20-9-8-19(25(14-20)35-2)16-30(26-28-12-13-36-26)37(32,33)21-10-11-23(22(27)15-21)29-24(17-31)18-6-4-3-5-7-18/h3-15,24,29,31H,16-17H2,1-2H3. The number of hydrogen-bond donors (Lipinski definition) is 2. The predicted octanol–water partition coefficient (Wildman–Crippen LogP) is 5.35. The van der Waals surface area contributed by atoms with Crippen molar-refractivity contribution in [2.24, 2.45) is 0 Å². The molecule has 4 rings (SSSR count). The van der Waals surface area contributed by atoms with E-state index < -0.39 is 16.1 Å². The maximum absolute atomic E-state index is 13.8. The summed E-state index contributed by atoms with van der Waals surface area (Å²) in [6.07, 6.45) is 1.55. The first kappa shape index (κ1) is 26.7. The van der Waals surface area contributed by atoms with Gasteiger partial charge in [-0.3, -0.25) is 0 Å². The van der Waals surface area contributed by atoms with Crippen LogP contribution in [0.15, 0.2) is 83.2 Å². The summed E-state index contributed by atoms with van der Waals surface area (Å²) >= 11 is 7.73. The number of hydrogen-bond acceptors (Lipinski definition) is 8. The van der Waals surface area contributed by atoms with Crippen molar-refractivity contribution in [3.05, 3.63) is 94.5 Å². The van der Waals surface area contributed by atoms with E-state index in [-0.39, 0.29) is 23.1 Å². The minimum Gasteiger partial charge on any atom is -0.497 e. The molecule has 8 nitrogen and oxygen atoms in total. The summed E-state index contributed by atoms with van der Waals surface area (Å²) in [6.45, 7) is -0.177. The van der Waals surface area contributed by atoms with Gasteiger partial charge in [0.05, 0.1) is 49.0 Å². The van der Waals surface area contributed by atoms with Gasteiger partial charge in [-0.2, -0.15) is 0 Å². The van der Waals surface area contributed by atoms with Crippen LogP contribution in [0.4, 0.5) is 10.8 Å². The minimum atomic E-state index is -4.06. The number of rotatable bonds is 11. The Morgan fingerprint density at radius 3 is 2.49 bits per heavy atom. The van der Waals surface area contributed by atoms with Crippen LogP contribution in [-0.2, 0) is 16.6 Å². The molecule has 11 heteroatoms. The van der Waals surface area contributed by atoms with E-state index in [4.69, 9.17) is 21.1 Å². The van der Waals surface area contributed by atoms with Crippen LogP contribution in [0.25, 0.3) is 0 Å². The van der Waals surface area contributed by atoms with Crippen LogP contribution in [-0.4, -0.2) is 39.3 Å². The van der Waals surface area contributed by atoms with E-state index in [2.05, 4.69) is 10.3 Å². The van der Waals surface area contributed by atoms with Crippen molar-refractivity contribution < 1.29 is 23.0 Å². The van der Waals surface area contributed by atoms with Crippen LogP contribution >= 0.6 is 22.9 Å². The second-order valence-corrected chi connectivity index (χ2v) is 11.1. The van der Waals surface area contributed by atoms with Gasteiger partial charge in [-0.1, -0.05) is 41.9 Å². The Morgan fingerprint density at radius 1 is 1.08 bits per heavy atom. The van der Waals surface area contributed by atoms with Crippen LogP contribution in [0.2, 0.25) is 5.02 Å². The van der Waals surface area contributed by atoms with Gasteiger partial charge >= 0.3 is 0 Å². The fourth-order valence-corrected chi connectivity index (χ4v) is 6.33. The Bertz CT molecular complexity index is 1430. The van der Waals surface area contributed by atoms with Gasteiger partial charge in [-0.05, 0) is 35.9 Å². The molecule has 0 fully saturated rings. The molecule has 0 bridgehead atoms. The fraction of sp³-hybridized carbons (Fsp3) is 0.192. The highest BCUT2D eigenvalue weighted by Gasteiger charge is 2.29. The first-order chi connectivity index (χ1) is 17.9. The Hall–Kier alpha value is -3.31. The molecule has 3 aromatic carbocycles. The molecule has 0 aliphatic heterocycles. The number of halogens is 1. The molecule has 0 saturated carbocycles. The molecular weight excluding hydrogens is 534 g/mol. The second-order valence-electron chi connectivity index (χ2n) is 7.94. The molecule has 4 aromatic rings. The van der Waals surface area contributed by atoms with Gasteiger partial charge in [0.2, 0.25) is 0 Å². The number of sulfonamides is 1. The van der Waals surface area contributed by atoms with Crippen LogP contribution in [0, 0.1) is 0 Å². The minimum absolute atomic E-state index is 0.00554. The Kier molecular flexibility index (Phi) is 8.55. The zero-order valence-corrected chi connectivity index (χ0v) is 22.6. The van der Waals surface area contributed by atoms with Crippen molar-refractivity contribution in [2.45, 2.75) is 17.5 Å². The maximum Gasteiger partial charge on any atom is 0.266 e. The third kappa shape index (κ3) is 5.99. The summed E-state index contributed by atoms with van der Waals surface area (Å²) in [5.74, 6) is 1.08. The molecule has 1 aromatic heterocycles. The third-order valence-electron chi connectivity index (χ3n) is 5.68. The molecule has 0 amide bonds. The van der Waals surface area contributed by atoms with E-state index in [1.54, 1.807) is 43.0 Å². The molecule has 1 unspecified atom stereocenters. The normalized spacial score (nSPS) is 12.1. The molecule has 0 aliphatic rings. The molecule has 0 aliphatic carbocycles. The molecule has 0 spiro atoms. The van der Waals surface area contributed by atoms with Crippen molar-refractivity contribution in [3.63, 3.8) is 0 Å². The number of anilines is 2. The van der Waals surface area contributed by atoms with E-state index >= 15 is 0 Å². The average Bonchev–Trinajstić information content (AvgIpc) is 3.45. The second kappa shape index (κ2) is 11.8. The van der Waals surface area contributed by atoms with Crippen molar-refractivity contribution in [2.75, 3.05) is 30.4 Å². The van der Waals surface area contributed by atoms with E-state index in [9.17, 15) is 13.5 Å². The fourth-order valence-electron chi connectivity index (χ4n) is 3.74. The number of ether oxygens (including phenoxy) is 2. The molecule has 1 atom stereocenters. The smallest absolute Gasteiger partial charge is 0.266 e. The van der Waals surface area contributed by atoms with Gasteiger partial charge in [0.1, 0.15) is 11.5 Å². The zero-order valence-electron chi connectivity index (χ0n) is 20.2. The van der Waals surface area contributed by atoms with Crippen molar-refractivity contribution in [1.29, 1.82) is 0 Å². The summed E-state index contributed by atoms with van der Waals surface area (Å²) in [7, 11) is -0.993. The first-order valence-electron chi connectivity index (χ1n) is 11.2. The topological polar surface area (TPSA) is 101 Å². The Labute approximate surface area is 225 Å². The number of methoxy groups -OCH3 is 2. The van der Waals surface area contributed by atoms with Crippen LogP contribution in [0.3, 0.4) is 0 Å². The largest absolute Gasteiger partial charge is 0.497 e. The molecular formula is C26H26ClN3O5S2. The number of nitrogens with one attached hydrogen (secondary N) is 1. The number of aromatic nitrogens is 1. The number of thiazole rings is 1. The highest BCUT2D eigenvalue weighted by atomic mass is 35.5. The van der Waals surface area contributed by atoms with Crippen molar-refractivity contribution in [1.82, 2.24) is 4.98 Å². The predicted molar refractivity (Wildman–Crippen MR) is 146 cm³/mol. The van der Waals surface area contributed by atoms with Crippen molar-refractivity contribution >= 4 is 43.8 Å². The lowest BCUT2D eigenvalue weighted by atomic mass is 10.1. The number of benzene rings is 3. The van der Waals surface area contributed by atoms with E-state index in [1.165, 1.54) is 34.9 Å². The van der Waals surface area contributed by atoms with E-state index in [0.717, 1.165) is 5.56 Å². The quantitative estimate of drug-likeness (QED) is 0.255. The summed E-state index contributed by atoms with van der Waals surface area (Å²) in [5, 5.41) is 15.3. The summed E-state index contributed by atoms with van der Waals surface area (Å²) in [4.78, 5) is 4.25. The summed E-state index contributed by atoms with van der Waals surface area (Å²) < 4.78 is 39.6. The Morgan fingerprint density at radius 2 is 1.86 bits per heavy atom. The van der Waals surface area contributed by atoms with Gasteiger partial charge in [-0.25, -0.2) is 17.7 Å². The van der Waals surface area contributed by atoms with Crippen LogP contribution in [0.1, 0.15) is 17.2 Å². The SMILES string of the molecule is COc1ccc(CN(c2nccs2)S(=O)(=O)c2ccc(NC(CO)c3ccccc3)c(Cl)c2)c(OC)c1. The molecule has 1 heterocycles. The van der Waals surface area contributed by atoms with Gasteiger partial charge < -0.3 is 19.9 Å². The third-order valence-corrected chi connectivity index (χ3v) is 8.64. The lowest BCUT2D eigenvalue weighted by Gasteiger charge is -2.24. The highest BCUT2D eigenvalue weighted by Crippen LogP contribution is 2.34. The average molecular weight is 560 g/mol. The lowest BCUT2D eigenvalue weighted by molar-refractivity contribution is 0.276. The molecule has 2 N–H and O–H groups in total. The Balaban J connectivity index is 1.66. The number of aliphatic hydroxyl groups is 1. The lowest BCUT2D eigenvalue weighted by Crippen LogP contribution is -2.30. The number of aliphatic hydroxyl groups excluding tert-OH is 1. The number of nitrogens with zero attached hydrogens (tertiary/aromatic N) is 2. The summed E-state index contributed by atoms with van der Waals surface area (Å²) in [5.41, 5.74) is 2.02. The van der Waals surface area contributed by atoms with Crippen LogP contribution < -0.4 is 19.1 Å². The summed E-state index contributed by atoms with van der Waals surface area (Å²) in [6, 6.07) is 18.7.